The van der Waals surface area contributed by atoms with E-state index >= 15 is 0 Å². The van der Waals surface area contributed by atoms with Crippen molar-refractivity contribution in [2.45, 2.75) is 6.04 Å². The van der Waals surface area contributed by atoms with Gasteiger partial charge in [0.2, 0.25) is 11.8 Å². The number of carboxylic acids is 2. The van der Waals surface area contributed by atoms with Crippen molar-refractivity contribution >= 4 is 34.0 Å². The van der Waals surface area contributed by atoms with Crippen LogP contribution in [0.15, 0.2) is 0 Å². The lowest BCUT2D eigenvalue weighted by Crippen LogP contribution is -2.44. The number of nitrogens with zero attached hydrogens (tertiary/aromatic N) is 1. The summed E-state index contributed by atoms with van der Waals surface area (Å²) in [6.45, 7) is -1.80. The van der Waals surface area contributed by atoms with Gasteiger partial charge in [0.15, 0.2) is 0 Å². The third-order valence-corrected chi connectivity index (χ3v) is 2.41. The van der Waals surface area contributed by atoms with Gasteiger partial charge in [-0.15, -0.1) is 0 Å². The van der Waals surface area contributed by atoms with E-state index in [0.717, 1.165) is 0 Å². The highest BCUT2D eigenvalue weighted by atomic mass is 28.1. The molecule has 0 atom stereocenters. The number of rotatable bonds is 7. The van der Waals surface area contributed by atoms with Crippen LogP contribution in [0.5, 0.6) is 0 Å². The molecule has 0 spiro atoms. The molecule has 0 aliphatic heterocycles. The molecule has 96 valence electrons. The Morgan fingerprint density at radius 2 is 1.53 bits per heavy atom. The molecule has 0 heterocycles. The van der Waals surface area contributed by atoms with Gasteiger partial charge >= 0.3 is 11.9 Å². The first-order valence-electron chi connectivity index (χ1n) is 4.84. The number of hydrogen-bond acceptors (Lipinski definition) is 4. The number of amides is 2. The predicted molar refractivity (Wildman–Crippen MR) is 59.6 cm³/mol. The summed E-state index contributed by atoms with van der Waals surface area (Å²) >= 11 is 0. The van der Waals surface area contributed by atoms with Crippen LogP contribution in [0.3, 0.4) is 0 Å². The lowest BCUT2D eigenvalue weighted by Gasteiger charge is -2.18. The number of nitrogens with one attached hydrogen (secondary N) is 1. The standard InChI is InChI=1S/C8H14N2O6Si/c11-5(4-17)9-1-6(12)10(2-7(13)14)3-8(15)16/h1-4H2,17H3,(H,9,11)(H,13,14)(H,15,16). The molecule has 0 unspecified atom stereocenters. The Kier molecular flexibility index (Phi) is 6.56. The topological polar surface area (TPSA) is 124 Å². The summed E-state index contributed by atoms with van der Waals surface area (Å²) in [5.74, 6) is -3.67. The SMILES string of the molecule is O=C(O)CN(CC(=O)O)C(=O)CNC(=O)C[SiH3]. The Morgan fingerprint density at radius 1 is 1.06 bits per heavy atom. The third-order valence-electron chi connectivity index (χ3n) is 1.76. The van der Waals surface area contributed by atoms with Crippen molar-refractivity contribution in [2.75, 3.05) is 19.6 Å². The third kappa shape index (κ3) is 7.06. The molecule has 0 aromatic heterocycles. The van der Waals surface area contributed by atoms with Gasteiger partial charge in [0, 0.05) is 16.3 Å². The molecule has 17 heavy (non-hydrogen) atoms. The van der Waals surface area contributed by atoms with Gasteiger partial charge < -0.3 is 20.4 Å². The van der Waals surface area contributed by atoms with Crippen LogP contribution in [0.25, 0.3) is 0 Å². The summed E-state index contributed by atoms with van der Waals surface area (Å²) in [5, 5.41) is 19.3. The van der Waals surface area contributed by atoms with Gasteiger partial charge in [-0.05, 0) is 0 Å². The smallest absolute Gasteiger partial charge is 0.323 e. The normalized spacial score (nSPS) is 9.65. The van der Waals surface area contributed by atoms with E-state index in [1.54, 1.807) is 0 Å². The van der Waals surface area contributed by atoms with Crippen LogP contribution in [0.2, 0.25) is 6.04 Å². The van der Waals surface area contributed by atoms with Gasteiger partial charge in [0.05, 0.1) is 6.54 Å². The number of carbonyl (C=O) groups excluding carboxylic acids is 2. The molecule has 0 bridgehead atoms. The number of carbonyl (C=O) groups is 4. The van der Waals surface area contributed by atoms with E-state index in [4.69, 9.17) is 10.2 Å². The molecular formula is C8H14N2O6Si. The van der Waals surface area contributed by atoms with Crippen molar-refractivity contribution in [3.8, 4) is 0 Å². The van der Waals surface area contributed by atoms with Crippen LogP contribution in [-0.2, 0) is 19.2 Å². The summed E-state index contributed by atoms with van der Waals surface area (Å²) in [4.78, 5) is 43.8. The summed E-state index contributed by atoms with van der Waals surface area (Å²) in [6, 6.07) is 0.325. The van der Waals surface area contributed by atoms with E-state index < -0.39 is 30.9 Å². The maximum atomic E-state index is 11.4. The van der Waals surface area contributed by atoms with Crippen molar-refractivity contribution in [3.05, 3.63) is 0 Å². The zero-order valence-corrected chi connectivity index (χ0v) is 11.3. The predicted octanol–water partition coefficient (Wildman–Crippen LogP) is -3.12. The zero-order valence-electron chi connectivity index (χ0n) is 9.30. The Hall–Kier alpha value is -1.90. The largest absolute Gasteiger partial charge is 0.480 e. The summed E-state index contributed by atoms with van der Waals surface area (Å²) < 4.78 is 0. The van der Waals surface area contributed by atoms with Crippen molar-refractivity contribution in [3.63, 3.8) is 0 Å². The Morgan fingerprint density at radius 3 is 1.88 bits per heavy atom. The Labute approximate surface area is 100 Å². The van der Waals surface area contributed by atoms with Crippen LogP contribution in [0, 0.1) is 0 Å². The molecule has 0 rings (SSSR count). The van der Waals surface area contributed by atoms with Gasteiger partial charge in [0.1, 0.15) is 13.1 Å². The number of hydrogen-bond donors (Lipinski definition) is 3. The Balaban J connectivity index is 4.36. The fourth-order valence-corrected chi connectivity index (χ4v) is 1.22. The van der Waals surface area contributed by atoms with Crippen molar-refractivity contribution in [1.82, 2.24) is 10.2 Å². The second-order valence-corrected chi connectivity index (χ2v) is 3.87. The molecular weight excluding hydrogens is 248 g/mol. The first-order valence-corrected chi connectivity index (χ1v) is 6.26. The van der Waals surface area contributed by atoms with E-state index in [2.05, 4.69) is 5.32 Å². The van der Waals surface area contributed by atoms with Gasteiger partial charge in [-0.2, -0.15) is 0 Å². The molecule has 0 aromatic carbocycles. The fraction of sp³-hybridized carbons (Fsp3) is 0.500. The monoisotopic (exact) mass is 262 g/mol. The molecule has 9 heteroatoms. The summed E-state index contributed by atoms with van der Waals surface area (Å²) in [5.41, 5.74) is 0. The first-order chi connectivity index (χ1) is 7.86. The molecule has 0 saturated carbocycles. The molecule has 0 saturated heterocycles. The van der Waals surface area contributed by atoms with Gasteiger partial charge in [-0.25, -0.2) is 0 Å². The number of carboxylic acid groups (broad SMARTS) is 2. The molecule has 0 aliphatic carbocycles. The minimum atomic E-state index is -1.31. The van der Waals surface area contributed by atoms with Crippen LogP contribution in [0.1, 0.15) is 0 Å². The van der Waals surface area contributed by atoms with Gasteiger partial charge in [0.25, 0.3) is 0 Å². The summed E-state index contributed by atoms with van der Waals surface area (Å²) in [6.07, 6.45) is 0. The van der Waals surface area contributed by atoms with E-state index in [9.17, 15) is 19.2 Å². The highest BCUT2D eigenvalue weighted by Gasteiger charge is 2.19. The fourth-order valence-electron chi connectivity index (χ4n) is 0.970. The quantitative estimate of drug-likeness (QED) is 0.417. The van der Waals surface area contributed by atoms with Gasteiger partial charge in [-0.1, -0.05) is 0 Å². The molecule has 0 fully saturated rings. The van der Waals surface area contributed by atoms with Crippen LogP contribution in [-0.4, -0.2) is 68.7 Å². The van der Waals surface area contributed by atoms with Crippen LogP contribution >= 0.6 is 0 Å². The highest BCUT2D eigenvalue weighted by Crippen LogP contribution is 1.90. The lowest BCUT2D eigenvalue weighted by molar-refractivity contribution is -0.149. The maximum Gasteiger partial charge on any atom is 0.323 e. The molecule has 0 aliphatic rings. The lowest BCUT2D eigenvalue weighted by atomic mass is 10.4. The molecule has 8 nitrogen and oxygen atoms in total. The van der Waals surface area contributed by atoms with Gasteiger partial charge in [-0.3, -0.25) is 19.2 Å². The van der Waals surface area contributed by atoms with Crippen LogP contribution in [0.4, 0.5) is 0 Å². The van der Waals surface area contributed by atoms with Crippen molar-refractivity contribution < 1.29 is 29.4 Å². The second kappa shape index (κ2) is 7.38. The minimum Gasteiger partial charge on any atom is -0.480 e. The molecule has 0 aromatic rings. The second-order valence-electron chi connectivity index (χ2n) is 3.17. The van der Waals surface area contributed by atoms with E-state index in [1.807, 2.05) is 0 Å². The Bertz CT molecular complexity index is 316. The average molecular weight is 262 g/mol. The minimum absolute atomic E-state index is 0.310. The van der Waals surface area contributed by atoms with Crippen molar-refractivity contribution in [1.29, 1.82) is 0 Å². The van der Waals surface area contributed by atoms with Crippen molar-refractivity contribution in [2.24, 2.45) is 0 Å². The molecule has 0 radical (unpaired) electrons. The highest BCUT2D eigenvalue weighted by molar-refractivity contribution is 6.19. The molecule has 2 amide bonds. The summed E-state index contributed by atoms with van der Waals surface area (Å²) in [7, 11) is 0.650. The average Bonchev–Trinajstić information content (AvgIpc) is 2.23. The maximum absolute atomic E-state index is 11.4. The zero-order chi connectivity index (χ0) is 13.4. The van der Waals surface area contributed by atoms with E-state index in [0.29, 0.717) is 21.2 Å². The first kappa shape index (κ1) is 15.1. The number of aliphatic carboxylic acids is 2. The van der Waals surface area contributed by atoms with Crippen LogP contribution < -0.4 is 5.32 Å². The molecule has 3 N–H and O–H groups in total. The van der Waals surface area contributed by atoms with E-state index in [1.165, 1.54) is 0 Å². The van der Waals surface area contributed by atoms with E-state index in [-0.39, 0.29) is 12.5 Å².